The first kappa shape index (κ1) is 13.4. The summed E-state index contributed by atoms with van der Waals surface area (Å²) < 4.78 is 0.950. The smallest absolute Gasteiger partial charge is 0.0992 e. The minimum absolute atomic E-state index is 0.472. The highest BCUT2D eigenvalue weighted by molar-refractivity contribution is 9.10. The van der Waals surface area contributed by atoms with Crippen LogP contribution in [-0.2, 0) is 0 Å². The number of rotatable bonds is 5. The first-order valence-corrected chi connectivity index (χ1v) is 7.35. The Balaban J connectivity index is 2.77. The molecular weight excluding hydrogens is 284 g/mol. The topological polar surface area (TPSA) is 35.8 Å². The molecule has 0 saturated heterocycles. The lowest BCUT2D eigenvalue weighted by Crippen LogP contribution is -2.21. The van der Waals surface area contributed by atoms with E-state index in [1.807, 2.05) is 30.0 Å². The first-order valence-electron chi connectivity index (χ1n) is 5.16. The van der Waals surface area contributed by atoms with Gasteiger partial charge in [0.2, 0.25) is 0 Å². The molecule has 0 amide bonds. The van der Waals surface area contributed by atoms with E-state index in [1.165, 1.54) is 0 Å². The Morgan fingerprint density at radius 2 is 2.31 bits per heavy atom. The molecule has 0 aromatic heterocycles. The zero-order chi connectivity index (χ0) is 12.0. The second kappa shape index (κ2) is 6.82. The monoisotopic (exact) mass is 298 g/mol. The zero-order valence-corrected chi connectivity index (χ0v) is 11.9. The van der Waals surface area contributed by atoms with Gasteiger partial charge in [-0.2, -0.15) is 17.0 Å². The lowest BCUT2D eigenvalue weighted by molar-refractivity contribution is 0.774. The number of hydrogen-bond donors (Lipinski definition) is 1. The fourth-order valence-electron chi connectivity index (χ4n) is 1.38. The molecule has 1 atom stereocenters. The van der Waals surface area contributed by atoms with Gasteiger partial charge in [0.1, 0.15) is 0 Å². The molecule has 0 aliphatic carbocycles. The van der Waals surface area contributed by atoms with Crippen molar-refractivity contribution in [1.82, 2.24) is 0 Å². The molecule has 0 heterocycles. The van der Waals surface area contributed by atoms with Crippen molar-refractivity contribution in [3.05, 3.63) is 28.2 Å². The average Bonchev–Trinajstić information content (AvgIpc) is 2.30. The van der Waals surface area contributed by atoms with E-state index in [0.29, 0.717) is 11.6 Å². The maximum absolute atomic E-state index is 8.77. The number of halogens is 1. The lowest BCUT2D eigenvalue weighted by atomic mass is 10.2. The number of benzene rings is 1. The highest BCUT2D eigenvalue weighted by atomic mass is 79.9. The average molecular weight is 299 g/mol. The number of nitrogens with zero attached hydrogens (tertiary/aromatic N) is 1. The van der Waals surface area contributed by atoms with E-state index >= 15 is 0 Å². The third-order valence-corrected chi connectivity index (χ3v) is 3.71. The Morgan fingerprint density at radius 3 is 2.81 bits per heavy atom. The first-order chi connectivity index (χ1) is 7.71. The van der Waals surface area contributed by atoms with Crippen molar-refractivity contribution in [3.63, 3.8) is 0 Å². The van der Waals surface area contributed by atoms with Gasteiger partial charge in [-0.15, -0.1) is 0 Å². The Bertz CT molecular complexity index is 387. The van der Waals surface area contributed by atoms with Gasteiger partial charge >= 0.3 is 0 Å². The second-order valence-corrected chi connectivity index (χ2v) is 5.28. The molecule has 0 aliphatic rings. The summed E-state index contributed by atoms with van der Waals surface area (Å²) >= 11 is 5.31. The number of anilines is 1. The summed E-state index contributed by atoms with van der Waals surface area (Å²) in [6.07, 6.45) is 3.20. The molecule has 1 aromatic rings. The molecule has 16 heavy (non-hydrogen) atoms. The van der Waals surface area contributed by atoms with E-state index in [1.54, 1.807) is 0 Å². The van der Waals surface area contributed by atoms with E-state index in [2.05, 4.69) is 40.5 Å². The van der Waals surface area contributed by atoms with E-state index < -0.39 is 0 Å². The van der Waals surface area contributed by atoms with Gasteiger partial charge in [-0.1, -0.05) is 6.92 Å². The predicted octanol–water partition coefficient (Wildman–Crippen LogP) is 3.87. The largest absolute Gasteiger partial charge is 0.381 e. The van der Waals surface area contributed by atoms with Crippen LogP contribution in [0.3, 0.4) is 0 Å². The summed E-state index contributed by atoms with van der Waals surface area (Å²) in [5, 5.41) is 12.2. The van der Waals surface area contributed by atoms with Crippen LogP contribution in [0.15, 0.2) is 22.7 Å². The van der Waals surface area contributed by atoms with Crippen molar-refractivity contribution in [3.8, 4) is 6.07 Å². The minimum Gasteiger partial charge on any atom is -0.381 e. The summed E-state index contributed by atoms with van der Waals surface area (Å²) in [5.74, 6) is 1.09. The van der Waals surface area contributed by atoms with Gasteiger partial charge in [-0.05, 0) is 46.8 Å². The van der Waals surface area contributed by atoms with Crippen LogP contribution in [0, 0.1) is 11.3 Å². The standard InChI is InChI=1S/C12H15BrN2S/c1-3-10(8-16-2)15-12-5-4-9(7-14)6-11(12)13/h4-6,10,15H,3,8H2,1-2H3. The van der Waals surface area contributed by atoms with Crippen LogP contribution in [-0.4, -0.2) is 18.1 Å². The highest BCUT2D eigenvalue weighted by Crippen LogP contribution is 2.24. The van der Waals surface area contributed by atoms with E-state index in [4.69, 9.17) is 5.26 Å². The molecule has 0 fully saturated rings. The van der Waals surface area contributed by atoms with Crippen LogP contribution in [0.4, 0.5) is 5.69 Å². The number of nitriles is 1. The van der Waals surface area contributed by atoms with Gasteiger partial charge in [-0.25, -0.2) is 0 Å². The molecule has 4 heteroatoms. The summed E-state index contributed by atoms with van der Waals surface area (Å²) in [6, 6.07) is 8.22. The summed E-state index contributed by atoms with van der Waals surface area (Å²) in [5.41, 5.74) is 1.73. The third-order valence-electron chi connectivity index (χ3n) is 2.32. The minimum atomic E-state index is 0.472. The number of thioether (sulfide) groups is 1. The molecule has 0 saturated carbocycles. The Morgan fingerprint density at radius 1 is 1.56 bits per heavy atom. The third kappa shape index (κ3) is 3.73. The quantitative estimate of drug-likeness (QED) is 0.896. The van der Waals surface area contributed by atoms with Crippen LogP contribution >= 0.6 is 27.7 Å². The van der Waals surface area contributed by atoms with Crippen LogP contribution in [0.2, 0.25) is 0 Å². The van der Waals surface area contributed by atoms with Crippen molar-refractivity contribution in [2.45, 2.75) is 19.4 Å². The van der Waals surface area contributed by atoms with Gasteiger partial charge in [0, 0.05) is 22.0 Å². The Labute approximate surface area is 110 Å². The Kier molecular flexibility index (Phi) is 5.72. The SMILES string of the molecule is CCC(CSC)Nc1ccc(C#N)cc1Br. The second-order valence-electron chi connectivity index (χ2n) is 3.51. The molecule has 1 unspecified atom stereocenters. The summed E-state index contributed by atoms with van der Waals surface area (Å²) in [4.78, 5) is 0. The van der Waals surface area contributed by atoms with E-state index in [9.17, 15) is 0 Å². The molecule has 1 aromatic carbocycles. The van der Waals surface area contributed by atoms with Gasteiger partial charge in [0.05, 0.1) is 11.6 Å². The number of nitrogens with one attached hydrogen (secondary N) is 1. The Hall–Kier alpha value is -0.660. The maximum atomic E-state index is 8.77. The normalized spacial score (nSPS) is 11.9. The number of hydrogen-bond acceptors (Lipinski definition) is 3. The van der Waals surface area contributed by atoms with Gasteiger partial charge < -0.3 is 5.32 Å². The zero-order valence-electron chi connectivity index (χ0n) is 9.46. The molecule has 2 nitrogen and oxygen atoms in total. The molecule has 0 bridgehead atoms. The van der Waals surface area contributed by atoms with Crippen LogP contribution < -0.4 is 5.32 Å². The van der Waals surface area contributed by atoms with Crippen molar-refractivity contribution in [2.24, 2.45) is 0 Å². The fraction of sp³-hybridized carbons (Fsp3) is 0.417. The van der Waals surface area contributed by atoms with Crippen molar-refractivity contribution in [2.75, 3.05) is 17.3 Å². The maximum Gasteiger partial charge on any atom is 0.0992 e. The summed E-state index contributed by atoms with van der Waals surface area (Å²) in [6.45, 7) is 2.17. The van der Waals surface area contributed by atoms with Crippen LogP contribution in [0.1, 0.15) is 18.9 Å². The van der Waals surface area contributed by atoms with Crippen LogP contribution in [0.25, 0.3) is 0 Å². The fourth-order valence-corrected chi connectivity index (χ4v) is 2.60. The molecule has 86 valence electrons. The van der Waals surface area contributed by atoms with Gasteiger partial charge in [0.25, 0.3) is 0 Å². The molecular formula is C12H15BrN2S. The highest BCUT2D eigenvalue weighted by Gasteiger charge is 2.07. The lowest BCUT2D eigenvalue weighted by Gasteiger charge is -2.18. The van der Waals surface area contributed by atoms with Crippen LogP contribution in [0.5, 0.6) is 0 Å². The molecule has 0 aliphatic heterocycles. The summed E-state index contributed by atoms with van der Waals surface area (Å²) in [7, 11) is 0. The van der Waals surface area contributed by atoms with Crippen molar-refractivity contribution in [1.29, 1.82) is 5.26 Å². The molecule has 0 spiro atoms. The van der Waals surface area contributed by atoms with Gasteiger partial charge in [-0.3, -0.25) is 0 Å². The molecule has 0 radical (unpaired) electrons. The van der Waals surface area contributed by atoms with E-state index in [-0.39, 0.29) is 0 Å². The molecule has 1 N–H and O–H groups in total. The van der Waals surface area contributed by atoms with Crippen molar-refractivity contribution >= 4 is 33.4 Å². The predicted molar refractivity (Wildman–Crippen MR) is 74.9 cm³/mol. The van der Waals surface area contributed by atoms with E-state index in [0.717, 1.165) is 22.3 Å². The molecule has 1 rings (SSSR count). The van der Waals surface area contributed by atoms with Crippen molar-refractivity contribution < 1.29 is 0 Å². The van der Waals surface area contributed by atoms with Gasteiger partial charge in [0.15, 0.2) is 0 Å².